The van der Waals surface area contributed by atoms with Gasteiger partial charge in [0.1, 0.15) is 0 Å². The highest BCUT2D eigenvalue weighted by atomic mass is 16.6. The Morgan fingerprint density at radius 3 is 2.39 bits per heavy atom. The maximum Gasteiger partial charge on any atom is 0.338 e. The lowest BCUT2D eigenvalue weighted by atomic mass is 10.1. The van der Waals surface area contributed by atoms with Gasteiger partial charge in [-0.3, -0.25) is 19.5 Å². The molecule has 0 bridgehead atoms. The summed E-state index contributed by atoms with van der Waals surface area (Å²) >= 11 is 0. The van der Waals surface area contributed by atoms with Gasteiger partial charge >= 0.3 is 5.97 Å². The number of nitrogens with zero attached hydrogens (tertiary/aromatic N) is 2. The lowest BCUT2D eigenvalue weighted by Gasteiger charge is -2.08. The minimum atomic E-state index is -0.708. The van der Waals surface area contributed by atoms with Crippen molar-refractivity contribution in [3.05, 3.63) is 68.1 Å². The van der Waals surface area contributed by atoms with E-state index in [1.54, 1.807) is 13.0 Å². The molecule has 7 nitrogen and oxygen atoms in total. The number of nitro groups is 1. The number of pyridine rings is 1. The second-order valence-electron chi connectivity index (χ2n) is 4.40. The van der Waals surface area contributed by atoms with Crippen LogP contribution in [0.25, 0.3) is 5.69 Å². The topological polar surface area (TPSA) is 91.4 Å². The number of carbonyl (C=O) groups excluding carboxylic acids is 1. The number of nitro benzene ring substituents is 1. The molecule has 0 unspecified atom stereocenters. The molecule has 2 aromatic rings. The third-order valence-electron chi connectivity index (χ3n) is 2.89. The van der Waals surface area contributed by atoms with Crippen molar-refractivity contribution < 1.29 is 14.5 Å². The highest BCUT2D eigenvalue weighted by Crippen LogP contribution is 2.20. The van der Waals surface area contributed by atoms with Gasteiger partial charge in [-0.15, -0.1) is 0 Å². The van der Waals surface area contributed by atoms with E-state index < -0.39 is 10.9 Å². The van der Waals surface area contributed by atoms with E-state index in [-0.39, 0.29) is 22.5 Å². The molecule has 1 aromatic heterocycles. The number of hydrogen-bond donors (Lipinski definition) is 0. The van der Waals surface area contributed by atoms with E-state index in [0.29, 0.717) is 0 Å². The molecule has 0 radical (unpaired) electrons. The summed E-state index contributed by atoms with van der Waals surface area (Å²) in [5.74, 6) is -0.708. The Hall–Kier alpha value is -2.96. The second kappa shape index (κ2) is 7.88. The molecule has 0 amide bonds. The van der Waals surface area contributed by atoms with Crippen molar-refractivity contribution in [3.63, 3.8) is 0 Å². The molecule has 23 heavy (non-hydrogen) atoms. The molecule has 0 aliphatic carbocycles. The normalized spacial score (nSPS) is 9.57. The van der Waals surface area contributed by atoms with Crippen LogP contribution in [0.3, 0.4) is 0 Å². The first kappa shape index (κ1) is 18.1. The number of hydrogen-bond acceptors (Lipinski definition) is 5. The zero-order chi connectivity index (χ0) is 17.6. The maximum atomic E-state index is 11.9. The van der Waals surface area contributed by atoms with Crippen LogP contribution in [-0.4, -0.2) is 22.6 Å². The number of ether oxygens (including phenoxy) is 1. The van der Waals surface area contributed by atoms with E-state index in [1.165, 1.54) is 36.1 Å². The van der Waals surface area contributed by atoms with Crippen LogP contribution in [0.5, 0.6) is 0 Å². The van der Waals surface area contributed by atoms with Crippen LogP contribution in [0.2, 0.25) is 0 Å². The van der Waals surface area contributed by atoms with E-state index in [2.05, 4.69) is 4.74 Å². The molecule has 0 N–H and O–H groups in total. The molecular weight excluding hydrogens is 300 g/mol. The van der Waals surface area contributed by atoms with Crippen molar-refractivity contribution in [2.75, 3.05) is 7.11 Å². The van der Waals surface area contributed by atoms with Crippen molar-refractivity contribution in [2.45, 2.75) is 20.8 Å². The first-order valence-electron chi connectivity index (χ1n) is 7.00. The molecule has 0 aliphatic heterocycles. The fourth-order valence-electron chi connectivity index (χ4n) is 1.87. The molecule has 0 saturated carbocycles. The molecule has 0 saturated heterocycles. The van der Waals surface area contributed by atoms with Crippen molar-refractivity contribution in [2.24, 2.45) is 0 Å². The fourth-order valence-corrected chi connectivity index (χ4v) is 1.87. The second-order valence-corrected chi connectivity index (χ2v) is 4.40. The zero-order valence-electron chi connectivity index (χ0n) is 13.4. The van der Waals surface area contributed by atoms with Gasteiger partial charge in [0.2, 0.25) is 0 Å². The highest BCUT2D eigenvalue weighted by molar-refractivity contribution is 5.90. The van der Waals surface area contributed by atoms with E-state index in [0.717, 1.165) is 11.6 Å². The van der Waals surface area contributed by atoms with E-state index in [9.17, 15) is 19.7 Å². The highest BCUT2D eigenvalue weighted by Gasteiger charge is 2.16. The van der Waals surface area contributed by atoms with Gasteiger partial charge in [-0.2, -0.15) is 0 Å². The minimum Gasteiger partial charge on any atom is -0.465 e. The molecule has 0 fully saturated rings. The quantitative estimate of drug-likeness (QED) is 0.493. The monoisotopic (exact) mass is 318 g/mol. The lowest BCUT2D eigenvalue weighted by molar-refractivity contribution is -0.384. The van der Waals surface area contributed by atoms with Crippen LogP contribution in [0, 0.1) is 17.0 Å². The number of carbonyl (C=O) groups is 1. The van der Waals surface area contributed by atoms with Gasteiger partial charge in [-0.25, -0.2) is 4.79 Å². The number of non-ortho nitro benzene ring substituents is 1. The predicted molar refractivity (Wildman–Crippen MR) is 86.1 cm³/mol. The van der Waals surface area contributed by atoms with Gasteiger partial charge in [0, 0.05) is 24.4 Å². The summed E-state index contributed by atoms with van der Waals surface area (Å²) in [5, 5.41) is 11.0. The Morgan fingerprint density at radius 1 is 1.22 bits per heavy atom. The Bertz CT molecular complexity index is 780. The Morgan fingerprint density at radius 2 is 1.87 bits per heavy atom. The van der Waals surface area contributed by atoms with Gasteiger partial charge in [0.05, 0.1) is 23.3 Å². The summed E-state index contributed by atoms with van der Waals surface area (Å²) in [5.41, 5.74) is 0.380. The van der Waals surface area contributed by atoms with Gasteiger partial charge in [0.15, 0.2) is 0 Å². The smallest absolute Gasteiger partial charge is 0.338 e. The van der Waals surface area contributed by atoms with E-state index in [4.69, 9.17) is 0 Å². The van der Waals surface area contributed by atoms with Crippen molar-refractivity contribution >= 4 is 11.7 Å². The number of rotatable bonds is 3. The zero-order valence-corrected chi connectivity index (χ0v) is 13.4. The Labute approximate surface area is 133 Å². The van der Waals surface area contributed by atoms with Gasteiger partial charge in [0.25, 0.3) is 11.2 Å². The van der Waals surface area contributed by atoms with Crippen molar-refractivity contribution in [3.8, 4) is 5.69 Å². The summed E-state index contributed by atoms with van der Waals surface area (Å²) in [6, 6.07) is 6.79. The minimum absolute atomic E-state index is 0.00850. The maximum absolute atomic E-state index is 11.9. The fraction of sp³-hybridized carbons (Fsp3) is 0.250. The van der Waals surface area contributed by atoms with Gasteiger partial charge < -0.3 is 4.74 Å². The third kappa shape index (κ3) is 4.26. The number of aryl methyl sites for hydroxylation is 1. The predicted octanol–water partition coefficient (Wildman–Crippen LogP) is 2.87. The summed E-state index contributed by atoms with van der Waals surface area (Å²) < 4.78 is 5.79. The average molecular weight is 318 g/mol. The SMILES string of the molecule is CC.COC(=O)c1cc(-n2ccc(C)cc2=O)cc([N+](=O)[O-])c1. The van der Waals surface area contributed by atoms with Crippen LogP contribution in [0.1, 0.15) is 29.8 Å². The first-order valence-corrected chi connectivity index (χ1v) is 7.00. The van der Waals surface area contributed by atoms with E-state index >= 15 is 0 Å². The number of esters is 1. The first-order chi connectivity index (χ1) is 10.9. The standard InChI is InChI=1S/C14H12N2O5.C2H6/c1-9-3-4-15(13(17)5-9)11-6-10(14(18)21-2)7-12(8-11)16(19)20;1-2/h3-8H,1-2H3;1-2H3. The Kier molecular flexibility index (Phi) is 6.20. The van der Waals surface area contributed by atoms with Crippen LogP contribution >= 0.6 is 0 Å². The lowest BCUT2D eigenvalue weighted by Crippen LogP contribution is -2.17. The number of methoxy groups -OCH3 is 1. The molecule has 2 rings (SSSR count). The molecule has 0 aliphatic rings. The van der Waals surface area contributed by atoms with Crippen LogP contribution in [-0.2, 0) is 4.74 Å². The summed E-state index contributed by atoms with van der Waals surface area (Å²) in [7, 11) is 1.18. The number of benzene rings is 1. The largest absolute Gasteiger partial charge is 0.465 e. The summed E-state index contributed by atoms with van der Waals surface area (Å²) in [4.78, 5) is 33.9. The molecule has 7 heteroatoms. The van der Waals surface area contributed by atoms with Crippen molar-refractivity contribution in [1.82, 2.24) is 4.57 Å². The van der Waals surface area contributed by atoms with Crippen LogP contribution in [0.15, 0.2) is 41.3 Å². The van der Waals surface area contributed by atoms with Crippen LogP contribution < -0.4 is 5.56 Å². The molecule has 0 atom stereocenters. The molecule has 122 valence electrons. The summed E-state index contributed by atoms with van der Waals surface area (Å²) in [6.45, 7) is 5.76. The molecule has 1 aromatic carbocycles. The summed E-state index contributed by atoms with van der Waals surface area (Å²) in [6.07, 6.45) is 1.50. The van der Waals surface area contributed by atoms with E-state index in [1.807, 2.05) is 13.8 Å². The average Bonchev–Trinajstić information content (AvgIpc) is 2.55. The molecular formula is C16H18N2O5. The third-order valence-corrected chi connectivity index (χ3v) is 2.89. The van der Waals surface area contributed by atoms with Crippen molar-refractivity contribution in [1.29, 1.82) is 0 Å². The van der Waals surface area contributed by atoms with Gasteiger partial charge in [-0.05, 0) is 24.6 Å². The van der Waals surface area contributed by atoms with Crippen LogP contribution in [0.4, 0.5) is 5.69 Å². The van der Waals surface area contributed by atoms with Gasteiger partial charge in [-0.1, -0.05) is 13.8 Å². The Balaban J connectivity index is 0.00000127. The number of aromatic nitrogens is 1. The molecule has 0 spiro atoms. The molecule has 1 heterocycles.